The largest absolute Gasteiger partial charge is 0.497 e. The van der Waals surface area contributed by atoms with Gasteiger partial charge in [-0.3, -0.25) is 0 Å². The molecular formula is C13H16N2OS. The van der Waals surface area contributed by atoms with Crippen LogP contribution in [0.5, 0.6) is 5.75 Å². The van der Waals surface area contributed by atoms with Gasteiger partial charge in [-0.2, -0.15) is 0 Å². The van der Waals surface area contributed by atoms with Crippen molar-refractivity contribution in [3.63, 3.8) is 0 Å². The SMILES string of the molecule is COc1cccc(CC(N)c2csc(C)n2)c1. The van der Waals surface area contributed by atoms with Crippen LogP contribution in [0.25, 0.3) is 0 Å². The van der Waals surface area contributed by atoms with Crippen LogP contribution in [0.15, 0.2) is 29.6 Å². The van der Waals surface area contributed by atoms with E-state index in [9.17, 15) is 0 Å². The quantitative estimate of drug-likeness (QED) is 0.905. The molecule has 0 aliphatic rings. The van der Waals surface area contributed by atoms with Gasteiger partial charge in [0.05, 0.1) is 23.9 Å². The summed E-state index contributed by atoms with van der Waals surface area (Å²) in [6, 6.07) is 7.93. The molecule has 1 atom stereocenters. The Hall–Kier alpha value is -1.39. The molecule has 2 aromatic rings. The van der Waals surface area contributed by atoms with Gasteiger partial charge in [-0.05, 0) is 31.0 Å². The number of hydrogen-bond donors (Lipinski definition) is 1. The average molecular weight is 248 g/mol. The molecule has 0 aliphatic carbocycles. The summed E-state index contributed by atoms with van der Waals surface area (Å²) in [6.45, 7) is 1.99. The molecule has 3 nitrogen and oxygen atoms in total. The first-order valence-corrected chi connectivity index (χ1v) is 6.37. The van der Waals surface area contributed by atoms with Crippen molar-refractivity contribution in [1.29, 1.82) is 0 Å². The van der Waals surface area contributed by atoms with Gasteiger partial charge in [0, 0.05) is 5.38 Å². The Morgan fingerprint density at radius 1 is 1.47 bits per heavy atom. The van der Waals surface area contributed by atoms with E-state index in [1.165, 1.54) is 5.56 Å². The van der Waals surface area contributed by atoms with Crippen molar-refractivity contribution in [2.75, 3.05) is 7.11 Å². The molecule has 0 radical (unpaired) electrons. The molecule has 1 aromatic carbocycles. The van der Waals surface area contributed by atoms with Crippen LogP contribution in [0.1, 0.15) is 22.3 Å². The fourth-order valence-electron chi connectivity index (χ4n) is 1.71. The number of nitrogens with two attached hydrogens (primary N) is 1. The first kappa shape index (κ1) is 12.1. The zero-order chi connectivity index (χ0) is 12.3. The van der Waals surface area contributed by atoms with Crippen LogP contribution in [-0.2, 0) is 6.42 Å². The molecule has 0 bridgehead atoms. The maximum absolute atomic E-state index is 6.14. The topological polar surface area (TPSA) is 48.1 Å². The molecule has 1 aromatic heterocycles. The second kappa shape index (κ2) is 5.29. The zero-order valence-corrected chi connectivity index (χ0v) is 10.8. The predicted molar refractivity (Wildman–Crippen MR) is 70.5 cm³/mol. The highest BCUT2D eigenvalue weighted by Gasteiger charge is 2.10. The number of thiazole rings is 1. The molecule has 2 N–H and O–H groups in total. The highest BCUT2D eigenvalue weighted by molar-refractivity contribution is 7.09. The molecule has 2 rings (SSSR count). The molecule has 17 heavy (non-hydrogen) atoms. The number of hydrogen-bond acceptors (Lipinski definition) is 4. The highest BCUT2D eigenvalue weighted by atomic mass is 32.1. The Balaban J connectivity index is 2.09. The minimum Gasteiger partial charge on any atom is -0.497 e. The van der Waals surface area contributed by atoms with E-state index in [1.54, 1.807) is 18.4 Å². The first-order chi connectivity index (χ1) is 8.19. The highest BCUT2D eigenvalue weighted by Crippen LogP contribution is 2.20. The van der Waals surface area contributed by atoms with Gasteiger partial charge in [0.15, 0.2) is 0 Å². The Morgan fingerprint density at radius 3 is 2.94 bits per heavy atom. The number of ether oxygens (including phenoxy) is 1. The molecule has 0 amide bonds. The lowest BCUT2D eigenvalue weighted by Crippen LogP contribution is -2.13. The van der Waals surface area contributed by atoms with E-state index in [-0.39, 0.29) is 6.04 Å². The van der Waals surface area contributed by atoms with E-state index in [1.807, 2.05) is 30.5 Å². The average Bonchev–Trinajstić information content (AvgIpc) is 2.76. The number of methoxy groups -OCH3 is 1. The van der Waals surface area contributed by atoms with Gasteiger partial charge in [-0.25, -0.2) is 4.98 Å². The number of aryl methyl sites for hydroxylation is 1. The smallest absolute Gasteiger partial charge is 0.119 e. The fourth-order valence-corrected chi connectivity index (χ4v) is 2.39. The third-order valence-electron chi connectivity index (χ3n) is 2.61. The van der Waals surface area contributed by atoms with E-state index >= 15 is 0 Å². The van der Waals surface area contributed by atoms with E-state index in [0.29, 0.717) is 0 Å². The molecule has 0 saturated carbocycles. The van der Waals surface area contributed by atoms with Crippen LogP contribution in [0.3, 0.4) is 0 Å². The molecular weight excluding hydrogens is 232 g/mol. The van der Waals surface area contributed by atoms with Crippen molar-refractivity contribution in [3.05, 3.63) is 45.9 Å². The zero-order valence-electron chi connectivity index (χ0n) is 10.0. The minimum absolute atomic E-state index is 0.0490. The van der Waals surface area contributed by atoms with Crippen molar-refractivity contribution >= 4 is 11.3 Å². The van der Waals surface area contributed by atoms with E-state index in [2.05, 4.69) is 11.1 Å². The fraction of sp³-hybridized carbons (Fsp3) is 0.308. The summed E-state index contributed by atoms with van der Waals surface area (Å²) in [4.78, 5) is 4.41. The molecule has 90 valence electrons. The number of rotatable bonds is 4. The standard InChI is InChI=1S/C13H16N2OS/c1-9-15-13(8-17-9)12(14)7-10-4-3-5-11(6-10)16-2/h3-6,8,12H,7,14H2,1-2H3. The van der Waals surface area contributed by atoms with Crippen molar-refractivity contribution < 1.29 is 4.74 Å². The Bertz CT molecular complexity index is 496. The summed E-state index contributed by atoms with van der Waals surface area (Å²) in [5, 5.41) is 3.08. The summed E-state index contributed by atoms with van der Waals surface area (Å²) in [5.74, 6) is 0.865. The maximum atomic E-state index is 6.14. The van der Waals surface area contributed by atoms with Gasteiger partial charge in [0.1, 0.15) is 5.75 Å². The van der Waals surface area contributed by atoms with Crippen LogP contribution in [-0.4, -0.2) is 12.1 Å². The van der Waals surface area contributed by atoms with Crippen molar-refractivity contribution in [3.8, 4) is 5.75 Å². The van der Waals surface area contributed by atoms with Gasteiger partial charge >= 0.3 is 0 Å². The lowest BCUT2D eigenvalue weighted by Gasteiger charge is -2.09. The van der Waals surface area contributed by atoms with Gasteiger partial charge in [-0.15, -0.1) is 11.3 Å². The number of nitrogens with zero attached hydrogens (tertiary/aromatic N) is 1. The van der Waals surface area contributed by atoms with Crippen LogP contribution in [0.4, 0.5) is 0 Å². The van der Waals surface area contributed by atoms with Gasteiger partial charge in [0.25, 0.3) is 0 Å². The van der Waals surface area contributed by atoms with Gasteiger partial charge < -0.3 is 10.5 Å². The van der Waals surface area contributed by atoms with Crippen LogP contribution in [0.2, 0.25) is 0 Å². The predicted octanol–water partition coefficient (Wildman–Crippen LogP) is 2.70. The second-order valence-electron chi connectivity index (χ2n) is 3.95. The summed E-state index contributed by atoms with van der Waals surface area (Å²) in [7, 11) is 1.67. The van der Waals surface area contributed by atoms with Crippen LogP contribution >= 0.6 is 11.3 Å². The van der Waals surface area contributed by atoms with E-state index in [0.717, 1.165) is 22.9 Å². The monoisotopic (exact) mass is 248 g/mol. The van der Waals surface area contributed by atoms with E-state index in [4.69, 9.17) is 10.5 Å². The van der Waals surface area contributed by atoms with E-state index < -0.39 is 0 Å². The summed E-state index contributed by atoms with van der Waals surface area (Å²) >= 11 is 1.64. The normalized spacial score (nSPS) is 12.4. The van der Waals surface area contributed by atoms with Crippen molar-refractivity contribution in [2.24, 2.45) is 5.73 Å². The summed E-state index contributed by atoms with van der Waals surface area (Å²) in [6.07, 6.45) is 0.778. The van der Waals surface area contributed by atoms with Gasteiger partial charge in [0.2, 0.25) is 0 Å². The Labute approximate surface area is 105 Å². The number of benzene rings is 1. The third kappa shape index (κ3) is 3.05. The Morgan fingerprint density at radius 2 is 2.29 bits per heavy atom. The first-order valence-electron chi connectivity index (χ1n) is 5.49. The van der Waals surface area contributed by atoms with Crippen molar-refractivity contribution in [1.82, 2.24) is 4.98 Å². The van der Waals surface area contributed by atoms with Crippen LogP contribution in [0, 0.1) is 6.92 Å². The minimum atomic E-state index is -0.0490. The lowest BCUT2D eigenvalue weighted by atomic mass is 10.0. The maximum Gasteiger partial charge on any atom is 0.119 e. The summed E-state index contributed by atoms with van der Waals surface area (Å²) < 4.78 is 5.19. The molecule has 0 aliphatic heterocycles. The third-order valence-corrected chi connectivity index (χ3v) is 3.40. The lowest BCUT2D eigenvalue weighted by molar-refractivity contribution is 0.414. The molecule has 4 heteroatoms. The molecule has 1 heterocycles. The number of aromatic nitrogens is 1. The summed E-state index contributed by atoms with van der Waals surface area (Å²) in [5.41, 5.74) is 8.27. The second-order valence-corrected chi connectivity index (χ2v) is 5.02. The molecule has 0 spiro atoms. The van der Waals surface area contributed by atoms with Crippen molar-refractivity contribution in [2.45, 2.75) is 19.4 Å². The van der Waals surface area contributed by atoms with Crippen LogP contribution < -0.4 is 10.5 Å². The van der Waals surface area contributed by atoms with Gasteiger partial charge in [-0.1, -0.05) is 12.1 Å². The molecule has 1 unspecified atom stereocenters. The molecule has 0 fully saturated rings. The molecule has 0 saturated heterocycles. The Kier molecular flexibility index (Phi) is 3.76.